The number of aromatic amines is 1. The van der Waals surface area contributed by atoms with Crippen LogP contribution in [0.15, 0.2) is 16.6 Å². The van der Waals surface area contributed by atoms with Crippen LogP contribution in [0.5, 0.6) is 0 Å². The first-order valence-electron chi connectivity index (χ1n) is 10.2. The average Bonchev–Trinajstić information content (AvgIpc) is 3.61. The van der Waals surface area contributed by atoms with E-state index in [1.807, 2.05) is 0 Å². The van der Waals surface area contributed by atoms with E-state index in [1.54, 1.807) is 0 Å². The van der Waals surface area contributed by atoms with Crippen molar-refractivity contribution in [3.05, 3.63) is 50.7 Å². The predicted octanol–water partition coefficient (Wildman–Crippen LogP) is 1.70. The molecule has 2 fully saturated rings. The van der Waals surface area contributed by atoms with Gasteiger partial charge in [0.2, 0.25) is 5.43 Å². The number of carbonyl (C=O) groups is 3. The Morgan fingerprint density at radius 1 is 0.941 bits per heavy atom. The van der Waals surface area contributed by atoms with Crippen LogP contribution in [0.3, 0.4) is 0 Å². The Labute approximate surface area is 188 Å². The molecule has 180 valence electrons. The lowest BCUT2D eigenvalue weighted by molar-refractivity contribution is -0.136. The third-order valence-electron chi connectivity index (χ3n) is 5.90. The van der Waals surface area contributed by atoms with E-state index >= 15 is 4.39 Å². The minimum absolute atomic E-state index is 0.0458. The highest BCUT2D eigenvalue weighted by molar-refractivity contribution is 5.96. The fourth-order valence-corrected chi connectivity index (χ4v) is 4.17. The largest absolute Gasteiger partial charge is 0.478 e. The third-order valence-corrected chi connectivity index (χ3v) is 5.90. The third kappa shape index (κ3) is 3.82. The molecule has 0 bridgehead atoms. The number of benzene rings is 1. The Hall–Kier alpha value is -4.03. The number of nitrogens with one attached hydrogen (secondary N) is 1. The summed E-state index contributed by atoms with van der Waals surface area (Å²) in [5, 5.41) is 26.5. The highest BCUT2D eigenvalue weighted by Gasteiger charge is 2.35. The van der Waals surface area contributed by atoms with Gasteiger partial charge in [-0.15, -0.1) is 0 Å². The second-order valence-electron chi connectivity index (χ2n) is 8.01. The van der Waals surface area contributed by atoms with Crippen molar-refractivity contribution in [2.45, 2.75) is 18.8 Å². The van der Waals surface area contributed by atoms with Gasteiger partial charge in [-0.3, -0.25) is 4.79 Å². The second kappa shape index (κ2) is 8.39. The zero-order chi connectivity index (χ0) is 24.9. The lowest BCUT2D eigenvalue weighted by atomic mass is 10.0. The fraction of sp³-hybridized carbons (Fsp3) is 0.333. The first kappa shape index (κ1) is 23.1. The number of aliphatic carboxylic acids is 2. The van der Waals surface area contributed by atoms with Crippen LogP contribution in [0.2, 0.25) is 0 Å². The maximum Gasteiger partial charge on any atom is 0.352 e. The van der Waals surface area contributed by atoms with Crippen molar-refractivity contribution < 1.29 is 42.9 Å². The molecule has 0 unspecified atom stereocenters. The topological polar surface area (TPSA) is 151 Å². The average molecular weight is 481 g/mol. The molecule has 1 aromatic heterocycles. The number of aromatic carboxylic acids is 1. The zero-order valence-corrected chi connectivity index (χ0v) is 17.4. The number of hydrogen-bond acceptors (Lipinski definition) is 6. The molecule has 2 heterocycles. The highest BCUT2D eigenvalue weighted by atomic mass is 19.2. The van der Waals surface area contributed by atoms with E-state index in [9.17, 15) is 38.2 Å². The summed E-state index contributed by atoms with van der Waals surface area (Å²) in [7, 11) is 0. The minimum atomic E-state index is -1.70. The van der Waals surface area contributed by atoms with Gasteiger partial charge in [0, 0.05) is 37.8 Å². The van der Waals surface area contributed by atoms with Crippen LogP contribution in [-0.2, 0) is 9.59 Å². The molecule has 1 aliphatic heterocycles. The monoisotopic (exact) mass is 481 g/mol. The van der Waals surface area contributed by atoms with Crippen molar-refractivity contribution in [3.63, 3.8) is 0 Å². The summed E-state index contributed by atoms with van der Waals surface area (Å²) < 4.78 is 45.4. The van der Waals surface area contributed by atoms with E-state index in [4.69, 9.17) is 5.11 Å². The fourth-order valence-electron chi connectivity index (χ4n) is 4.17. The lowest BCUT2D eigenvalue weighted by Gasteiger charge is -2.37. The Bertz CT molecular complexity index is 1330. The van der Waals surface area contributed by atoms with Crippen LogP contribution in [0.4, 0.5) is 18.9 Å². The van der Waals surface area contributed by atoms with Crippen molar-refractivity contribution in [2.24, 2.45) is 0 Å². The molecule has 1 saturated heterocycles. The van der Waals surface area contributed by atoms with Gasteiger partial charge in [0.25, 0.3) is 0 Å². The normalized spacial score (nSPS) is 16.7. The lowest BCUT2D eigenvalue weighted by Crippen LogP contribution is -2.47. The molecule has 1 saturated carbocycles. The van der Waals surface area contributed by atoms with Gasteiger partial charge in [-0.05, 0) is 12.8 Å². The van der Waals surface area contributed by atoms with Gasteiger partial charge in [0.1, 0.15) is 16.9 Å². The molecule has 34 heavy (non-hydrogen) atoms. The number of rotatable bonds is 6. The summed E-state index contributed by atoms with van der Waals surface area (Å²) in [4.78, 5) is 51.3. The Balaban J connectivity index is 1.77. The molecule has 0 atom stereocenters. The summed E-state index contributed by atoms with van der Waals surface area (Å²) in [6.45, 7) is -0.636. The molecule has 0 radical (unpaired) electrons. The van der Waals surface area contributed by atoms with Crippen molar-refractivity contribution in [1.82, 2.24) is 9.88 Å². The molecule has 4 rings (SSSR count). The number of carboxylic acids is 3. The molecule has 1 aliphatic carbocycles. The van der Waals surface area contributed by atoms with Gasteiger partial charge in [-0.1, -0.05) is 0 Å². The molecule has 0 amide bonds. The minimum Gasteiger partial charge on any atom is -0.478 e. The second-order valence-corrected chi connectivity index (χ2v) is 8.01. The maximum atomic E-state index is 15.5. The van der Waals surface area contributed by atoms with E-state index in [2.05, 4.69) is 4.98 Å². The summed E-state index contributed by atoms with van der Waals surface area (Å²) in [5.74, 6) is -9.60. The number of halogens is 3. The molecule has 2 aliphatic rings. The number of fused-ring (bicyclic) bond motifs is 1. The quantitative estimate of drug-likeness (QED) is 0.357. The van der Waals surface area contributed by atoms with Gasteiger partial charge in [0.15, 0.2) is 17.5 Å². The molecule has 1 aromatic carbocycles. The summed E-state index contributed by atoms with van der Waals surface area (Å²) >= 11 is 0. The standard InChI is InChI=1S/C21H18F3N3O7/c22-13-11-17(25-16(8-1-2-8)12(19(11)30)21(33)34)15(24)18(14(13)23)27-5-3-26(4-6-27)9(20(31)32)7-10(28)29/h7-8H,1-6H2,(H,25,30)(H,28,29)(H,31,32)(H,33,34). The molecule has 13 heteroatoms. The van der Waals surface area contributed by atoms with E-state index < -0.39 is 68.6 Å². The van der Waals surface area contributed by atoms with Crippen molar-refractivity contribution in [3.8, 4) is 0 Å². The molecule has 2 aromatic rings. The first-order chi connectivity index (χ1) is 16.0. The van der Waals surface area contributed by atoms with Gasteiger partial charge < -0.3 is 30.1 Å². The van der Waals surface area contributed by atoms with Gasteiger partial charge in [0.05, 0.1) is 17.0 Å². The smallest absolute Gasteiger partial charge is 0.352 e. The van der Waals surface area contributed by atoms with Crippen LogP contribution < -0.4 is 10.3 Å². The van der Waals surface area contributed by atoms with Crippen LogP contribution in [0.25, 0.3) is 10.9 Å². The number of aromatic nitrogens is 1. The van der Waals surface area contributed by atoms with Crippen molar-refractivity contribution in [2.75, 3.05) is 31.1 Å². The van der Waals surface area contributed by atoms with Crippen molar-refractivity contribution in [1.29, 1.82) is 0 Å². The predicted molar refractivity (Wildman–Crippen MR) is 111 cm³/mol. The molecular formula is C21H18F3N3O7. The van der Waals surface area contributed by atoms with E-state index in [-0.39, 0.29) is 37.8 Å². The number of anilines is 1. The number of pyridine rings is 1. The molecular weight excluding hydrogens is 463 g/mol. The van der Waals surface area contributed by atoms with Gasteiger partial charge in [-0.25, -0.2) is 27.6 Å². The zero-order valence-electron chi connectivity index (χ0n) is 17.4. The number of piperazine rings is 1. The van der Waals surface area contributed by atoms with E-state index in [0.29, 0.717) is 18.9 Å². The Kier molecular flexibility index (Phi) is 5.71. The van der Waals surface area contributed by atoms with E-state index in [0.717, 1.165) is 4.90 Å². The van der Waals surface area contributed by atoms with Crippen LogP contribution in [0, 0.1) is 17.5 Å². The van der Waals surface area contributed by atoms with Gasteiger partial charge >= 0.3 is 17.9 Å². The molecule has 0 spiro atoms. The highest BCUT2D eigenvalue weighted by Crippen LogP contribution is 2.41. The molecule has 10 nitrogen and oxygen atoms in total. The number of nitrogens with zero attached hydrogens (tertiary/aromatic N) is 2. The Morgan fingerprint density at radius 3 is 2.06 bits per heavy atom. The summed E-state index contributed by atoms with van der Waals surface area (Å²) in [5.41, 5.74) is -4.07. The Morgan fingerprint density at radius 2 is 1.56 bits per heavy atom. The number of carboxylic acid groups (broad SMARTS) is 3. The number of hydrogen-bond donors (Lipinski definition) is 4. The number of H-pyrrole nitrogens is 1. The SMILES string of the molecule is O=C(O)C=C(C(=O)O)N1CCN(c2c(F)c(F)c3c(=O)c(C(=O)O)c(C4CC4)[nH]c3c2F)CC1. The first-order valence-corrected chi connectivity index (χ1v) is 10.2. The van der Waals surface area contributed by atoms with Crippen LogP contribution >= 0.6 is 0 Å². The van der Waals surface area contributed by atoms with Gasteiger partial charge in [-0.2, -0.15) is 0 Å². The van der Waals surface area contributed by atoms with Crippen molar-refractivity contribution >= 4 is 34.5 Å². The molecule has 4 N–H and O–H groups in total. The maximum absolute atomic E-state index is 15.5. The van der Waals surface area contributed by atoms with E-state index in [1.165, 1.54) is 4.90 Å². The summed E-state index contributed by atoms with van der Waals surface area (Å²) in [6.07, 6.45) is 1.61. The van der Waals surface area contributed by atoms with Crippen LogP contribution in [0.1, 0.15) is 34.8 Å². The summed E-state index contributed by atoms with van der Waals surface area (Å²) in [6, 6.07) is 0. The van der Waals surface area contributed by atoms with Crippen LogP contribution in [-0.4, -0.2) is 69.3 Å².